The quantitative estimate of drug-likeness (QED) is 0.386. The van der Waals surface area contributed by atoms with Gasteiger partial charge in [-0.3, -0.25) is 0 Å². The molecule has 0 radical (unpaired) electrons. The molecule has 0 heterocycles. The molecule has 0 fully saturated rings. The molecule has 0 aliphatic carbocycles. The van der Waals surface area contributed by atoms with E-state index in [-0.39, 0.29) is 62.2 Å². The van der Waals surface area contributed by atoms with Gasteiger partial charge in [-0.15, -0.1) is 0 Å². The molecule has 13 heavy (non-hydrogen) atoms. The van der Waals surface area contributed by atoms with E-state index < -0.39 is 9.15 Å². The van der Waals surface area contributed by atoms with Crippen LogP contribution >= 0.6 is 22.4 Å². The zero-order valence-corrected chi connectivity index (χ0v) is 12.2. The van der Waals surface area contributed by atoms with Gasteiger partial charge in [-0.05, 0) is 35.1 Å². The molecule has 0 spiro atoms. The van der Waals surface area contributed by atoms with Crippen LogP contribution in [0.2, 0.25) is 5.02 Å². The molecular formula is C6H4ClKO3S2. The minimum Gasteiger partial charge on any atom is -0.739 e. The van der Waals surface area contributed by atoms with Crippen LogP contribution in [-0.2, 0) is 9.15 Å². The van der Waals surface area contributed by atoms with Crippen molar-refractivity contribution in [2.45, 2.75) is 4.90 Å². The molecule has 0 unspecified atom stereocenters. The first-order valence-electron chi connectivity index (χ1n) is 2.88. The van der Waals surface area contributed by atoms with Crippen molar-refractivity contribution in [2.75, 3.05) is 0 Å². The summed E-state index contributed by atoms with van der Waals surface area (Å²) >= 11 is 5.55. The SMILES string of the molecule is O=S(=O)([O-])Sc1ccc(Cl)cc1.[K+]. The Bertz CT molecular complexity index is 362. The molecule has 0 saturated carbocycles. The molecule has 0 aliphatic heterocycles. The van der Waals surface area contributed by atoms with Crippen LogP contribution in [-0.4, -0.2) is 13.0 Å². The Morgan fingerprint density at radius 3 is 2.08 bits per heavy atom. The molecule has 0 amide bonds. The molecular weight excluding hydrogens is 259 g/mol. The molecule has 0 atom stereocenters. The van der Waals surface area contributed by atoms with Gasteiger partial charge in [0.1, 0.15) is 0 Å². The fourth-order valence-corrected chi connectivity index (χ4v) is 2.26. The second-order valence-electron chi connectivity index (χ2n) is 1.95. The van der Waals surface area contributed by atoms with Crippen molar-refractivity contribution >= 4 is 31.5 Å². The van der Waals surface area contributed by atoms with E-state index in [1.807, 2.05) is 0 Å². The Morgan fingerprint density at radius 1 is 1.23 bits per heavy atom. The number of rotatable bonds is 2. The molecule has 0 bridgehead atoms. The monoisotopic (exact) mass is 262 g/mol. The van der Waals surface area contributed by atoms with E-state index in [0.717, 1.165) is 0 Å². The minimum atomic E-state index is -4.27. The maximum atomic E-state index is 10.3. The van der Waals surface area contributed by atoms with E-state index in [9.17, 15) is 13.0 Å². The predicted octanol–water partition coefficient (Wildman–Crippen LogP) is -1.10. The Hall–Kier alpha value is 1.41. The van der Waals surface area contributed by atoms with Crippen LogP contribution in [0.25, 0.3) is 0 Å². The van der Waals surface area contributed by atoms with Crippen LogP contribution in [0.15, 0.2) is 29.2 Å². The van der Waals surface area contributed by atoms with E-state index in [1.165, 1.54) is 24.3 Å². The maximum Gasteiger partial charge on any atom is 1.00 e. The third-order valence-corrected chi connectivity index (χ3v) is 3.12. The maximum absolute atomic E-state index is 10.3. The molecule has 3 nitrogen and oxygen atoms in total. The zero-order valence-electron chi connectivity index (χ0n) is 6.73. The Labute approximate surface area is 128 Å². The number of hydrogen-bond donors (Lipinski definition) is 0. The topological polar surface area (TPSA) is 57.2 Å². The molecule has 7 heteroatoms. The summed E-state index contributed by atoms with van der Waals surface area (Å²) in [6.07, 6.45) is 0. The molecule has 0 aromatic heterocycles. The number of halogens is 1. The first-order chi connectivity index (χ1) is 5.47. The normalized spacial score (nSPS) is 10.6. The van der Waals surface area contributed by atoms with Gasteiger partial charge in [0.2, 0.25) is 0 Å². The summed E-state index contributed by atoms with van der Waals surface area (Å²) in [4.78, 5) is 0.370. The van der Waals surface area contributed by atoms with Gasteiger partial charge < -0.3 is 4.55 Å². The van der Waals surface area contributed by atoms with Crippen molar-refractivity contribution in [3.8, 4) is 0 Å². The minimum absolute atomic E-state index is 0. The summed E-state index contributed by atoms with van der Waals surface area (Å²) in [5, 5.41) is 0.502. The molecule has 0 saturated heterocycles. The van der Waals surface area contributed by atoms with Gasteiger partial charge in [0.05, 0.1) is 0 Å². The molecule has 1 aromatic rings. The van der Waals surface area contributed by atoms with Crippen LogP contribution in [0.3, 0.4) is 0 Å². The van der Waals surface area contributed by atoms with Crippen LogP contribution in [0.5, 0.6) is 0 Å². The Kier molecular flexibility index (Phi) is 6.75. The molecule has 66 valence electrons. The van der Waals surface area contributed by atoms with Gasteiger partial charge in [0, 0.05) is 9.92 Å². The summed E-state index contributed by atoms with van der Waals surface area (Å²) in [5.41, 5.74) is 0. The fraction of sp³-hybridized carbons (Fsp3) is 0. The smallest absolute Gasteiger partial charge is 0.739 e. The van der Waals surface area contributed by atoms with Crippen molar-refractivity contribution in [3.63, 3.8) is 0 Å². The standard InChI is InChI=1S/C6H5ClO3S2.K/c7-5-1-3-6(4-2-5)11-12(8,9)10;/h1-4H,(H,8,9,10);/q;+1/p-1. The van der Waals surface area contributed by atoms with Crippen LogP contribution in [0, 0.1) is 0 Å². The van der Waals surface area contributed by atoms with E-state index in [1.54, 1.807) is 0 Å². The second kappa shape index (κ2) is 6.09. The fourth-order valence-electron chi connectivity index (χ4n) is 0.608. The molecule has 1 aromatic carbocycles. The van der Waals surface area contributed by atoms with Gasteiger partial charge in [0.15, 0.2) is 9.15 Å². The predicted molar refractivity (Wildman–Crippen MR) is 47.0 cm³/mol. The first-order valence-corrected chi connectivity index (χ1v) is 6.00. The average molecular weight is 263 g/mol. The van der Waals surface area contributed by atoms with E-state index in [2.05, 4.69) is 0 Å². The van der Waals surface area contributed by atoms with Crippen molar-refractivity contribution in [1.29, 1.82) is 0 Å². The van der Waals surface area contributed by atoms with Crippen molar-refractivity contribution in [3.05, 3.63) is 29.3 Å². The molecule has 1 rings (SSSR count). The van der Waals surface area contributed by atoms with Crippen molar-refractivity contribution < 1.29 is 64.4 Å². The average Bonchev–Trinajstić information content (AvgIpc) is 1.91. The summed E-state index contributed by atoms with van der Waals surface area (Å²) in [7, 11) is -4.00. The van der Waals surface area contributed by atoms with Crippen LogP contribution in [0.1, 0.15) is 0 Å². The summed E-state index contributed by atoms with van der Waals surface area (Å²) in [6, 6.07) is 6.00. The zero-order chi connectivity index (χ0) is 9.19. The van der Waals surface area contributed by atoms with Gasteiger partial charge in [0.25, 0.3) is 0 Å². The van der Waals surface area contributed by atoms with Gasteiger partial charge >= 0.3 is 51.4 Å². The molecule has 0 aliphatic rings. The van der Waals surface area contributed by atoms with E-state index in [4.69, 9.17) is 11.6 Å². The van der Waals surface area contributed by atoms with Gasteiger partial charge in [-0.2, -0.15) is 0 Å². The number of hydrogen-bond acceptors (Lipinski definition) is 4. The van der Waals surface area contributed by atoms with E-state index >= 15 is 0 Å². The number of benzene rings is 1. The summed E-state index contributed by atoms with van der Waals surface area (Å²) in [5.74, 6) is 0. The largest absolute Gasteiger partial charge is 1.00 e. The summed E-state index contributed by atoms with van der Waals surface area (Å²) < 4.78 is 30.8. The Morgan fingerprint density at radius 2 is 1.69 bits per heavy atom. The third-order valence-electron chi connectivity index (χ3n) is 1.01. The van der Waals surface area contributed by atoms with Crippen LogP contribution in [0.4, 0.5) is 0 Å². The van der Waals surface area contributed by atoms with Crippen molar-refractivity contribution in [2.24, 2.45) is 0 Å². The van der Waals surface area contributed by atoms with Gasteiger partial charge in [-0.25, -0.2) is 8.42 Å². The Balaban J connectivity index is 0.00000144. The molecule has 0 N–H and O–H groups in total. The van der Waals surface area contributed by atoms with E-state index in [0.29, 0.717) is 9.92 Å². The van der Waals surface area contributed by atoms with Crippen LogP contribution < -0.4 is 51.4 Å². The summed E-state index contributed by atoms with van der Waals surface area (Å²) in [6.45, 7) is 0. The third kappa shape index (κ3) is 6.48. The van der Waals surface area contributed by atoms with Crippen molar-refractivity contribution in [1.82, 2.24) is 0 Å². The first kappa shape index (κ1) is 14.4. The van der Waals surface area contributed by atoms with Gasteiger partial charge in [-0.1, -0.05) is 11.6 Å². The second-order valence-corrected chi connectivity index (χ2v) is 5.56.